The summed E-state index contributed by atoms with van der Waals surface area (Å²) in [6, 6.07) is 1.19. The van der Waals surface area contributed by atoms with Gasteiger partial charge in [0.25, 0.3) is 0 Å². The Bertz CT molecular complexity index is 565. The smallest absolute Gasteiger partial charge is 0.115 e. The molecule has 5 heteroatoms. The molecular formula is C14H17N5. The van der Waals surface area contributed by atoms with Crippen LogP contribution in [0.1, 0.15) is 30.1 Å². The van der Waals surface area contributed by atoms with Crippen LogP contribution in [0.2, 0.25) is 0 Å². The average molecular weight is 255 g/mol. The molecule has 2 aliphatic rings. The number of hydrogen-bond acceptors (Lipinski definition) is 4. The van der Waals surface area contributed by atoms with E-state index in [1.165, 1.54) is 24.1 Å². The molecule has 98 valence electrons. The van der Waals surface area contributed by atoms with Crippen LogP contribution in [-0.2, 0) is 13.0 Å². The Morgan fingerprint density at radius 2 is 2.21 bits per heavy atom. The molecule has 2 bridgehead atoms. The van der Waals surface area contributed by atoms with Crippen LogP contribution in [-0.4, -0.2) is 37.0 Å². The van der Waals surface area contributed by atoms with Gasteiger partial charge < -0.3 is 4.57 Å². The first-order valence-electron chi connectivity index (χ1n) is 6.92. The number of imidazole rings is 1. The Balaban J connectivity index is 1.55. The molecule has 4 heterocycles. The van der Waals surface area contributed by atoms with Crippen LogP contribution < -0.4 is 0 Å². The Morgan fingerprint density at radius 1 is 1.21 bits per heavy atom. The summed E-state index contributed by atoms with van der Waals surface area (Å²) in [4.78, 5) is 15.4. The molecule has 0 saturated carbocycles. The van der Waals surface area contributed by atoms with E-state index in [1.807, 2.05) is 24.9 Å². The quantitative estimate of drug-likeness (QED) is 0.832. The van der Waals surface area contributed by atoms with Crippen molar-refractivity contribution in [3.8, 4) is 0 Å². The maximum Gasteiger partial charge on any atom is 0.115 e. The van der Waals surface area contributed by atoms with Crippen LogP contribution in [0.4, 0.5) is 0 Å². The molecule has 4 rings (SSSR count). The van der Waals surface area contributed by atoms with Crippen LogP contribution >= 0.6 is 0 Å². The van der Waals surface area contributed by atoms with Gasteiger partial charge in [-0.25, -0.2) is 15.0 Å². The molecule has 2 aliphatic heterocycles. The highest BCUT2D eigenvalue weighted by atomic mass is 15.2. The third-order valence-corrected chi connectivity index (χ3v) is 4.43. The average Bonchev–Trinajstić information content (AvgIpc) is 3.04. The Hall–Kier alpha value is -1.75. The van der Waals surface area contributed by atoms with Crippen molar-refractivity contribution < 1.29 is 0 Å². The van der Waals surface area contributed by atoms with Gasteiger partial charge in [0, 0.05) is 55.7 Å². The first kappa shape index (κ1) is 11.1. The summed E-state index contributed by atoms with van der Waals surface area (Å²) in [5.74, 6) is 0. The molecule has 0 N–H and O–H groups in total. The lowest BCUT2D eigenvalue weighted by Crippen LogP contribution is -2.39. The number of nitrogens with zero attached hydrogens (tertiary/aromatic N) is 5. The summed E-state index contributed by atoms with van der Waals surface area (Å²) >= 11 is 0. The van der Waals surface area contributed by atoms with E-state index < -0.39 is 0 Å². The molecule has 5 nitrogen and oxygen atoms in total. The van der Waals surface area contributed by atoms with Gasteiger partial charge in [0.15, 0.2) is 0 Å². The first-order chi connectivity index (χ1) is 9.42. The molecule has 19 heavy (non-hydrogen) atoms. The maximum atomic E-state index is 4.45. The van der Waals surface area contributed by atoms with Crippen LogP contribution in [0.25, 0.3) is 0 Å². The number of rotatable bonds is 3. The van der Waals surface area contributed by atoms with E-state index in [1.54, 1.807) is 6.33 Å². The molecule has 1 saturated heterocycles. The van der Waals surface area contributed by atoms with Gasteiger partial charge in [-0.15, -0.1) is 0 Å². The van der Waals surface area contributed by atoms with E-state index in [0.717, 1.165) is 19.5 Å². The third kappa shape index (κ3) is 1.85. The van der Waals surface area contributed by atoms with Gasteiger partial charge in [-0.1, -0.05) is 0 Å². The van der Waals surface area contributed by atoms with Gasteiger partial charge in [0.05, 0.1) is 12.0 Å². The molecule has 0 amide bonds. The van der Waals surface area contributed by atoms with Crippen molar-refractivity contribution in [2.75, 3.05) is 6.54 Å². The summed E-state index contributed by atoms with van der Waals surface area (Å²) in [7, 11) is 0. The Kier molecular flexibility index (Phi) is 2.58. The molecule has 2 aromatic heterocycles. The molecular weight excluding hydrogens is 238 g/mol. The minimum atomic E-state index is 0.526. The molecule has 0 radical (unpaired) electrons. The fraction of sp³-hybridized carbons (Fsp3) is 0.500. The number of aromatic nitrogens is 4. The molecule has 0 aromatic carbocycles. The molecule has 2 atom stereocenters. The highest BCUT2D eigenvalue weighted by Gasteiger charge is 2.40. The Labute approximate surface area is 112 Å². The number of hydrogen-bond donors (Lipinski definition) is 0. The van der Waals surface area contributed by atoms with Crippen LogP contribution in [0.15, 0.2) is 31.2 Å². The SMILES string of the molecule is c1cn(CCN2C3CCC2c2cncnc2C3)cn1. The van der Waals surface area contributed by atoms with Crippen molar-refractivity contribution in [2.24, 2.45) is 0 Å². The maximum absolute atomic E-state index is 4.45. The molecule has 0 aliphatic carbocycles. The number of fused-ring (bicyclic) bond motifs is 4. The Morgan fingerprint density at radius 3 is 3.11 bits per heavy atom. The second-order valence-electron chi connectivity index (χ2n) is 5.41. The highest BCUT2D eigenvalue weighted by Crippen LogP contribution is 2.42. The van der Waals surface area contributed by atoms with Gasteiger partial charge in [-0.2, -0.15) is 0 Å². The molecule has 2 unspecified atom stereocenters. The second kappa shape index (κ2) is 4.42. The summed E-state index contributed by atoms with van der Waals surface area (Å²) in [6.07, 6.45) is 13.1. The minimum absolute atomic E-state index is 0.526. The predicted octanol–water partition coefficient (Wildman–Crippen LogP) is 1.43. The van der Waals surface area contributed by atoms with Crippen LogP contribution in [0.5, 0.6) is 0 Å². The topological polar surface area (TPSA) is 46.8 Å². The first-order valence-corrected chi connectivity index (χ1v) is 6.92. The molecule has 1 fully saturated rings. The highest BCUT2D eigenvalue weighted by molar-refractivity contribution is 5.27. The van der Waals surface area contributed by atoms with E-state index in [0.29, 0.717) is 12.1 Å². The molecule has 0 spiro atoms. The van der Waals surface area contributed by atoms with Gasteiger partial charge in [-0.3, -0.25) is 4.90 Å². The minimum Gasteiger partial charge on any atom is -0.336 e. The lowest BCUT2D eigenvalue weighted by Gasteiger charge is -2.35. The summed E-state index contributed by atoms with van der Waals surface area (Å²) in [5, 5.41) is 0. The summed E-state index contributed by atoms with van der Waals surface area (Å²) in [6.45, 7) is 2.09. The second-order valence-corrected chi connectivity index (χ2v) is 5.41. The predicted molar refractivity (Wildman–Crippen MR) is 70.4 cm³/mol. The largest absolute Gasteiger partial charge is 0.336 e. The lowest BCUT2D eigenvalue weighted by molar-refractivity contribution is 0.168. The molecule has 2 aromatic rings. The van der Waals surface area contributed by atoms with Crippen molar-refractivity contribution >= 4 is 0 Å². The van der Waals surface area contributed by atoms with Crippen molar-refractivity contribution in [3.05, 3.63) is 42.5 Å². The monoisotopic (exact) mass is 255 g/mol. The van der Waals surface area contributed by atoms with Crippen molar-refractivity contribution in [2.45, 2.75) is 37.9 Å². The van der Waals surface area contributed by atoms with E-state index in [4.69, 9.17) is 0 Å². The van der Waals surface area contributed by atoms with Crippen LogP contribution in [0.3, 0.4) is 0 Å². The van der Waals surface area contributed by atoms with Gasteiger partial charge in [-0.05, 0) is 12.8 Å². The van der Waals surface area contributed by atoms with E-state index in [9.17, 15) is 0 Å². The third-order valence-electron chi connectivity index (χ3n) is 4.43. The normalized spacial score (nSPS) is 25.5. The van der Waals surface area contributed by atoms with E-state index >= 15 is 0 Å². The van der Waals surface area contributed by atoms with Crippen molar-refractivity contribution in [3.63, 3.8) is 0 Å². The van der Waals surface area contributed by atoms with Gasteiger partial charge in [0.2, 0.25) is 0 Å². The summed E-state index contributed by atoms with van der Waals surface area (Å²) in [5.41, 5.74) is 2.61. The standard InChI is InChI=1S/C14H17N5/c1-2-14-12-8-16-9-17-13(12)7-11(1)19(14)6-5-18-4-3-15-10-18/h3-4,8-11,14H,1-2,5-7H2. The zero-order valence-electron chi connectivity index (χ0n) is 10.8. The lowest BCUT2D eigenvalue weighted by atomic mass is 9.99. The van der Waals surface area contributed by atoms with Crippen molar-refractivity contribution in [1.82, 2.24) is 24.4 Å². The zero-order chi connectivity index (χ0) is 12.7. The van der Waals surface area contributed by atoms with E-state index in [2.05, 4.69) is 24.4 Å². The van der Waals surface area contributed by atoms with Gasteiger partial charge in [0.1, 0.15) is 6.33 Å². The van der Waals surface area contributed by atoms with Crippen LogP contribution in [0, 0.1) is 0 Å². The van der Waals surface area contributed by atoms with Gasteiger partial charge >= 0.3 is 0 Å². The summed E-state index contributed by atoms with van der Waals surface area (Å²) < 4.78 is 2.15. The fourth-order valence-corrected chi connectivity index (χ4v) is 3.52. The van der Waals surface area contributed by atoms with Crippen molar-refractivity contribution in [1.29, 1.82) is 0 Å². The fourth-order valence-electron chi connectivity index (χ4n) is 3.52. The van der Waals surface area contributed by atoms with E-state index in [-0.39, 0.29) is 0 Å². The zero-order valence-corrected chi connectivity index (χ0v) is 10.8.